The lowest BCUT2D eigenvalue weighted by Crippen LogP contribution is -2.51. The van der Waals surface area contributed by atoms with E-state index >= 15 is 0 Å². The molecule has 2 atom stereocenters. The standard InChI is InChI=1S/C18H17F3N6O4/c1-25-9-22-15-14(25)16(28)26(10-23-15)8-13-24-27(17(29)30-13)7-6-11-2-4-12(5-3-11)31-18(19,20)21/h2-5,9-10,14-15H,6-8H2,1H3. The summed E-state index contributed by atoms with van der Waals surface area (Å²) in [7, 11) is 1.72. The van der Waals surface area contributed by atoms with Crippen molar-refractivity contribution < 1.29 is 27.1 Å². The molecule has 3 heterocycles. The molecule has 2 aliphatic rings. The number of benzene rings is 1. The number of alkyl halides is 3. The van der Waals surface area contributed by atoms with Gasteiger partial charge in [0, 0.05) is 7.05 Å². The van der Waals surface area contributed by atoms with Gasteiger partial charge in [0.05, 0.1) is 19.2 Å². The van der Waals surface area contributed by atoms with E-state index in [1.807, 2.05) is 0 Å². The van der Waals surface area contributed by atoms with Crippen LogP contribution < -0.4 is 10.5 Å². The molecule has 2 unspecified atom stereocenters. The van der Waals surface area contributed by atoms with Gasteiger partial charge in [-0.3, -0.25) is 9.69 Å². The Morgan fingerprint density at radius 1 is 1.13 bits per heavy atom. The summed E-state index contributed by atoms with van der Waals surface area (Å²) < 4.78 is 46.7. The van der Waals surface area contributed by atoms with E-state index < -0.39 is 24.3 Å². The molecule has 2 aliphatic heterocycles. The molecule has 1 aromatic heterocycles. The lowest BCUT2D eigenvalue weighted by atomic mass is 10.1. The van der Waals surface area contributed by atoms with Crippen molar-refractivity contribution >= 4 is 18.6 Å². The number of aliphatic imine (C=N–C) groups is 2. The average Bonchev–Trinajstić information content (AvgIpc) is 3.25. The highest BCUT2D eigenvalue weighted by Crippen LogP contribution is 2.23. The Morgan fingerprint density at radius 2 is 1.84 bits per heavy atom. The number of hydrogen-bond acceptors (Lipinski definition) is 8. The Labute approximate surface area is 173 Å². The lowest BCUT2D eigenvalue weighted by Gasteiger charge is -2.29. The molecule has 0 N–H and O–H groups in total. The summed E-state index contributed by atoms with van der Waals surface area (Å²) in [4.78, 5) is 36.0. The maximum atomic E-state index is 12.6. The van der Waals surface area contributed by atoms with Crippen molar-refractivity contribution in [3.8, 4) is 5.75 Å². The van der Waals surface area contributed by atoms with Crippen LogP contribution in [0.3, 0.4) is 0 Å². The van der Waals surface area contributed by atoms with Crippen molar-refractivity contribution in [3.05, 3.63) is 46.3 Å². The third kappa shape index (κ3) is 4.59. The summed E-state index contributed by atoms with van der Waals surface area (Å²) in [5.74, 6) is -1.23. The molecule has 0 spiro atoms. The molecular weight excluding hydrogens is 421 g/mol. The van der Waals surface area contributed by atoms with Gasteiger partial charge >= 0.3 is 12.1 Å². The molecular formula is C18H17F3N6O4. The van der Waals surface area contributed by atoms with E-state index in [2.05, 4.69) is 19.8 Å². The molecule has 0 fully saturated rings. The number of likely N-dealkylation sites (N-methyl/N-ethyl adjacent to an activating group) is 1. The normalized spacial score (nSPS) is 20.5. The molecule has 0 radical (unpaired) electrons. The van der Waals surface area contributed by atoms with Gasteiger partial charge in [0.2, 0.25) is 5.89 Å². The second-order valence-electron chi connectivity index (χ2n) is 6.95. The van der Waals surface area contributed by atoms with Crippen molar-refractivity contribution in [1.82, 2.24) is 19.6 Å². The van der Waals surface area contributed by atoms with Gasteiger partial charge in [-0.05, 0) is 24.1 Å². The fourth-order valence-corrected chi connectivity index (χ4v) is 3.25. The van der Waals surface area contributed by atoms with Crippen LogP contribution in [0, 0.1) is 0 Å². The largest absolute Gasteiger partial charge is 0.573 e. The zero-order chi connectivity index (χ0) is 22.2. The Kier molecular flexibility index (Phi) is 5.25. The first kappa shape index (κ1) is 20.6. The van der Waals surface area contributed by atoms with Gasteiger partial charge in [-0.15, -0.1) is 18.3 Å². The second kappa shape index (κ2) is 7.89. The lowest BCUT2D eigenvalue weighted by molar-refractivity contribution is -0.274. The minimum absolute atomic E-state index is 0.0405. The van der Waals surface area contributed by atoms with Gasteiger partial charge < -0.3 is 14.1 Å². The van der Waals surface area contributed by atoms with Crippen LogP contribution >= 0.6 is 0 Å². The summed E-state index contributed by atoms with van der Waals surface area (Å²) in [6, 6.07) is 4.78. The number of aromatic nitrogens is 2. The molecule has 1 aromatic carbocycles. The summed E-state index contributed by atoms with van der Waals surface area (Å²) in [6.07, 6.45) is -2.01. The summed E-state index contributed by atoms with van der Waals surface area (Å²) in [5.41, 5.74) is 0.680. The number of fused-ring (bicyclic) bond motifs is 1. The molecule has 2 aromatic rings. The first-order chi connectivity index (χ1) is 14.7. The molecule has 1 amide bonds. The van der Waals surface area contributed by atoms with Gasteiger partial charge in [-0.2, -0.15) is 4.68 Å². The highest BCUT2D eigenvalue weighted by Gasteiger charge is 2.40. The monoisotopic (exact) mass is 438 g/mol. The molecule has 10 nitrogen and oxygen atoms in total. The fourth-order valence-electron chi connectivity index (χ4n) is 3.25. The number of halogens is 3. The van der Waals surface area contributed by atoms with Crippen molar-refractivity contribution in [2.24, 2.45) is 9.98 Å². The first-order valence-corrected chi connectivity index (χ1v) is 9.20. The Balaban J connectivity index is 1.37. The van der Waals surface area contributed by atoms with Gasteiger partial charge in [0.25, 0.3) is 5.91 Å². The van der Waals surface area contributed by atoms with Crippen LogP contribution in [0.4, 0.5) is 13.2 Å². The van der Waals surface area contributed by atoms with E-state index in [1.165, 1.54) is 35.5 Å². The SMILES string of the molecule is CN1C=NC2N=CN(Cc3nn(CCc4ccc(OC(F)(F)F)cc4)c(=O)o3)C(=O)C21. The summed E-state index contributed by atoms with van der Waals surface area (Å²) >= 11 is 0. The molecule has 0 bridgehead atoms. The first-order valence-electron chi connectivity index (χ1n) is 9.20. The average molecular weight is 438 g/mol. The molecule has 0 saturated heterocycles. The van der Waals surface area contributed by atoms with E-state index in [4.69, 9.17) is 4.42 Å². The highest BCUT2D eigenvalue weighted by atomic mass is 19.4. The van der Waals surface area contributed by atoms with Gasteiger partial charge in [0.1, 0.15) is 12.3 Å². The van der Waals surface area contributed by atoms with Gasteiger partial charge in [0.15, 0.2) is 12.2 Å². The quantitative estimate of drug-likeness (QED) is 0.667. The van der Waals surface area contributed by atoms with E-state index in [-0.39, 0.29) is 30.6 Å². The Bertz CT molecular complexity index is 1080. The Hall–Kier alpha value is -3.64. The van der Waals surface area contributed by atoms with Crippen molar-refractivity contribution in [1.29, 1.82) is 0 Å². The topological polar surface area (TPSA) is 106 Å². The van der Waals surface area contributed by atoms with E-state index in [0.717, 1.165) is 4.68 Å². The number of hydrogen-bond donors (Lipinski definition) is 0. The van der Waals surface area contributed by atoms with E-state index in [9.17, 15) is 22.8 Å². The minimum atomic E-state index is -4.76. The number of amides is 1. The second-order valence-corrected chi connectivity index (χ2v) is 6.95. The van der Waals surface area contributed by atoms with Crippen molar-refractivity contribution in [3.63, 3.8) is 0 Å². The van der Waals surface area contributed by atoms with Crippen LogP contribution in [-0.2, 0) is 24.3 Å². The zero-order valence-electron chi connectivity index (χ0n) is 16.2. The maximum Gasteiger partial charge on any atom is 0.573 e. The number of ether oxygens (including phenoxy) is 1. The molecule has 4 rings (SSSR count). The number of carbonyl (C=O) groups is 1. The zero-order valence-corrected chi connectivity index (χ0v) is 16.2. The van der Waals surface area contributed by atoms with Gasteiger partial charge in [-0.1, -0.05) is 12.1 Å². The van der Waals surface area contributed by atoms with Gasteiger partial charge in [-0.25, -0.2) is 14.8 Å². The molecule has 164 valence electrons. The number of carbonyl (C=O) groups excluding carboxylic acids is 1. The fraction of sp³-hybridized carbons (Fsp3) is 0.389. The molecule has 31 heavy (non-hydrogen) atoms. The van der Waals surface area contributed by atoms with Crippen LogP contribution in [0.5, 0.6) is 5.75 Å². The highest BCUT2D eigenvalue weighted by molar-refractivity contribution is 5.96. The van der Waals surface area contributed by atoms with Crippen LogP contribution in [0.1, 0.15) is 11.5 Å². The molecule has 0 saturated carbocycles. The van der Waals surface area contributed by atoms with Crippen LogP contribution in [0.15, 0.2) is 43.5 Å². The van der Waals surface area contributed by atoms with Crippen LogP contribution in [0.2, 0.25) is 0 Å². The van der Waals surface area contributed by atoms with Crippen LogP contribution in [-0.4, -0.2) is 63.8 Å². The number of rotatable bonds is 6. The predicted molar refractivity (Wildman–Crippen MR) is 100 cm³/mol. The van der Waals surface area contributed by atoms with Crippen molar-refractivity contribution in [2.75, 3.05) is 7.05 Å². The van der Waals surface area contributed by atoms with Crippen molar-refractivity contribution in [2.45, 2.75) is 38.1 Å². The minimum Gasteiger partial charge on any atom is -0.406 e. The van der Waals surface area contributed by atoms with E-state index in [1.54, 1.807) is 18.3 Å². The Morgan fingerprint density at radius 3 is 2.55 bits per heavy atom. The third-order valence-electron chi connectivity index (χ3n) is 4.74. The number of aryl methyl sites for hydroxylation is 2. The smallest absolute Gasteiger partial charge is 0.406 e. The molecule has 0 aliphatic carbocycles. The summed E-state index contributed by atoms with van der Waals surface area (Å²) in [5, 5.41) is 4.09. The predicted octanol–water partition coefficient (Wildman–Crippen LogP) is 1.02. The summed E-state index contributed by atoms with van der Waals surface area (Å²) in [6.45, 7) is 0.0796. The third-order valence-corrected chi connectivity index (χ3v) is 4.74. The number of nitrogens with zero attached hydrogens (tertiary/aromatic N) is 6. The maximum absolute atomic E-state index is 12.6. The van der Waals surface area contributed by atoms with Crippen LogP contribution in [0.25, 0.3) is 0 Å². The van der Waals surface area contributed by atoms with E-state index in [0.29, 0.717) is 12.0 Å². The molecule has 13 heteroatoms.